The Morgan fingerprint density at radius 2 is 0.800 bits per heavy atom. The second-order valence-electron chi connectivity index (χ2n) is 12.1. The quantitative estimate of drug-likeness (QED) is 0.0623. The van der Waals surface area contributed by atoms with Crippen LogP contribution in [-0.4, -0.2) is 40.8 Å². The zero-order valence-corrected chi connectivity index (χ0v) is 26.8. The Morgan fingerprint density at radius 3 is 1.12 bits per heavy atom. The molecule has 2 N–H and O–H groups in total. The lowest BCUT2D eigenvalue weighted by Gasteiger charge is -2.20. The van der Waals surface area contributed by atoms with Gasteiger partial charge in [-0.05, 0) is 12.8 Å². The van der Waals surface area contributed by atoms with Gasteiger partial charge in [-0.15, -0.1) is 0 Å². The summed E-state index contributed by atoms with van der Waals surface area (Å²) >= 11 is 0. The third kappa shape index (κ3) is 26.0. The molecule has 0 aromatic heterocycles. The summed E-state index contributed by atoms with van der Waals surface area (Å²) in [5.74, 6) is -0.721. The number of carbonyl (C=O) groups excluding carboxylic acids is 2. The first kappa shape index (κ1) is 39.1. The van der Waals surface area contributed by atoms with Crippen LogP contribution in [-0.2, 0) is 14.3 Å². The topological polar surface area (TPSA) is 83.8 Å². The number of hydrogen-bond acceptors (Lipinski definition) is 5. The highest BCUT2D eigenvalue weighted by atomic mass is 16.6. The monoisotopic (exact) mass is 569 g/mol. The minimum atomic E-state index is -1.34. The number of ether oxygens (including phenoxy) is 1. The van der Waals surface area contributed by atoms with Gasteiger partial charge in [-0.1, -0.05) is 168 Å². The molecule has 0 spiro atoms. The molecule has 0 aliphatic carbocycles. The summed E-state index contributed by atoms with van der Waals surface area (Å²) in [5, 5.41) is 19.4. The molecular weight excluding hydrogens is 500 g/mol. The van der Waals surface area contributed by atoms with Gasteiger partial charge in [0.05, 0.1) is 6.61 Å². The summed E-state index contributed by atoms with van der Waals surface area (Å²) in [6.45, 7) is 3.92. The van der Waals surface area contributed by atoms with E-state index in [-0.39, 0.29) is 18.6 Å². The maximum Gasteiger partial charge on any atom is 0.306 e. The first-order valence-corrected chi connectivity index (χ1v) is 17.6. The van der Waals surface area contributed by atoms with Crippen molar-refractivity contribution in [1.82, 2.24) is 0 Å². The van der Waals surface area contributed by atoms with Gasteiger partial charge in [0.15, 0.2) is 11.9 Å². The molecule has 0 saturated carbocycles. The minimum Gasteiger partial charge on any atom is -0.451 e. The van der Waals surface area contributed by atoms with Crippen LogP contribution >= 0.6 is 0 Å². The summed E-state index contributed by atoms with van der Waals surface area (Å²) in [7, 11) is 0. The fraction of sp³-hybridized carbons (Fsp3) is 0.943. The molecule has 0 aliphatic heterocycles. The molecule has 0 bridgehead atoms. The Kier molecular flexibility index (Phi) is 30.3. The smallest absolute Gasteiger partial charge is 0.306 e. The molecule has 238 valence electrons. The normalized spacial score (nSPS) is 12.9. The molecule has 0 amide bonds. The van der Waals surface area contributed by atoms with E-state index in [0.717, 1.165) is 38.5 Å². The number of rotatable bonds is 32. The molecule has 40 heavy (non-hydrogen) atoms. The molecule has 5 heteroatoms. The van der Waals surface area contributed by atoms with Gasteiger partial charge in [0.25, 0.3) is 0 Å². The van der Waals surface area contributed by atoms with Crippen molar-refractivity contribution in [2.24, 2.45) is 0 Å². The average molecular weight is 569 g/mol. The second-order valence-corrected chi connectivity index (χ2v) is 12.1. The van der Waals surface area contributed by atoms with Crippen LogP contribution in [0.1, 0.15) is 194 Å². The fourth-order valence-corrected chi connectivity index (χ4v) is 5.40. The van der Waals surface area contributed by atoms with Gasteiger partial charge < -0.3 is 14.9 Å². The predicted octanol–water partition coefficient (Wildman–Crippen LogP) is 9.78. The molecule has 0 radical (unpaired) electrons. The lowest BCUT2D eigenvalue weighted by Crippen LogP contribution is -2.40. The summed E-state index contributed by atoms with van der Waals surface area (Å²) < 4.78 is 5.34. The van der Waals surface area contributed by atoms with E-state index in [9.17, 15) is 19.8 Å². The van der Waals surface area contributed by atoms with E-state index in [1.807, 2.05) is 0 Å². The van der Waals surface area contributed by atoms with E-state index in [4.69, 9.17) is 4.74 Å². The zero-order valence-electron chi connectivity index (χ0n) is 26.8. The van der Waals surface area contributed by atoms with E-state index in [0.29, 0.717) is 0 Å². The highest BCUT2D eigenvalue weighted by molar-refractivity contribution is 5.86. The van der Waals surface area contributed by atoms with E-state index < -0.39 is 24.8 Å². The molecule has 0 aromatic rings. The first-order chi connectivity index (χ1) is 19.6. The molecule has 0 rings (SSSR count). The maximum absolute atomic E-state index is 12.6. The number of hydrogen-bond donors (Lipinski definition) is 2. The summed E-state index contributed by atoms with van der Waals surface area (Å²) in [6, 6.07) is 0. The standard InChI is InChI=1S/C35H68O5/c1-3-5-7-9-11-13-15-16-17-18-20-22-24-26-28-30-34(39)40-35(33(38)31-36)32(37)29-27-25-23-21-19-14-12-10-8-6-4-2/h33,35-36,38H,3-31H2,1-2H3/t33-,35+/m0/s1. The largest absolute Gasteiger partial charge is 0.451 e. The lowest BCUT2D eigenvalue weighted by atomic mass is 10.0. The summed E-state index contributed by atoms with van der Waals surface area (Å²) in [4.78, 5) is 24.9. The average Bonchev–Trinajstić information content (AvgIpc) is 2.96. The number of ketones is 1. The van der Waals surface area contributed by atoms with Crippen molar-refractivity contribution in [3.8, 4) is 0 Å². The van der Waals surface area contributed by atoms with Gasteiger partial charge in [0, 0.05) is 12.8 Å². The lowest BCUT2D eigenvalue weighted by molar-refractivity contribution is -0.163. The molecule has 5 nitrogen and oxygen atoms in total. The molecule has 0 unspecified atom stereocenters. The van der Waals surface area contributed by atoms with Crippen LogP contribution in [0.15, 0.2) is 0 Å². The van der Waals surface area contributed by atoms with Gasteiger partial charge in [0.2, 0.25) is 0 Å². The van der Waals surface area contributed by atoms with Crippen LogP contribution in [0, 0.1) is 0 Å². The van der Waals surface area contributed by atoms with Crippen molar-refractivity contribution >= 4 is 11.8 Å². The Bertz CT molecular complexity index is 550. The zero-order chi connectivity index (χ0) is 29.5. The van der Waals surface area contributed by atoms with Gasteiger partial charge in [-0.2, -0.15) is 0 Å². The fourth-order valence-electron chi connectivity index (χ4n) is 5.40. The molecule has 0 heterocycles. The Labute approximate surface area is 248 Å². The van der Waals surface area contributed by atoms with Gasteiger partial charge in [-0.3, -0.25) is 9.59 Å². The SMILES string of the molecule is CCCCCCCCCCCCCCCCCC(=O)O[C@H](C(=O)CCCCCCCCCCCCC)[C@@H](O)CO. The predicted molar refractivity (Wildman–Crippen MR) is 169 cm³/mol. The van der Waals surface area contributed by atoms with Gasteiger partial charge in [-0.25, -0.2) is 0 Å². The summed E-state index contributed by atoms with van der Waals surface area (Å²) in [5.41, 5.74) is 0. The van der Waals surface area contributed by atoms with E-state index in [2.05, 4.69) is 13.8 Å². The number of esters is 1. The molecule has 0 aromatic carbocycles. The Morgan fingerprint density at radius 1 is 0.500 bits per heavy atom. The van der Waals surface area contributed by atoms with E-state index >= 15 is 0 Å². The van der Waals surface area contributed by atoms with Crippen LogP contribution in [0.2, 0.25) is 0 Å². The number of unbranched alkanes of at least 4 members (excludes halogenated alkanes) is 24. The third-order valence-corrected chi connectivity index (χ3v) is 8.12. The number of carbonyl (C=O) groups is 2. The van der Waals surface area contributed by atoms with E-state index in [1.54, 1.807) is 0 Å². The van der Waals surface area contributed by atoms with Crippen LogP contribution in [0.3, 0.4) is 0 Å². The van der Waals surface area contributed by atoms with Gasteiger partial charge >= 0.3 is 5.97 Å². The first-order valence-electron chi connectivity index (χ1n) is 17.6. The minimum absolute atomic E-state index is 0.263. The van der Waals surface area contributed by atoms with Gasteiger partial charge in [0.1, 0.15) is 6.10 Å². The Hall–Kier alpha value is -0.940. The van der Waals surface area contributed by atoms with Crippen LogP contribution in [0.25, 0.3) is 0 Å². The highest BCUT2D eigenvalue weighted by Gasteiger charge is 2.29. The molecular formula is C35H68O5. The molecule has 2 atom stereocenters. The third-order valence-electron chi connectivity index (χ3n) is 8.12. The van der Waals surface area contributed by atoms with Crippen molar-refractivity contribution in [3.05, 3.63) is 0 Å². The van der Waals surface area contributed by atoms with Crippen LogP contribution < -0.4 is 0 Å². The Balaban J connectivity index is 3.79. The van der Waals surface area contributed by atoms with Crippen molar-refractivity contribution in [1.29, 1.82) is 0 Å². The number of Topliss-reactive ketones (excluding diaryl/α,β-unsaturated/α-hetero) is 1. The van der Waals surface area contributed by atoms with E-state index in [1.165, 1.54) is 128 Å². The highest BCUT2D eigenvalue weighted by Crippen LogP contribution is 2.16. The van der Waals surface area contributed by atoms with Crippen molar-refractivity contribution in [2.75, 3.05) is 6.61 Å². The molecule has 0 aliphatic rings. The van der Waals surface area contributed by atoms with Crippen LogP contribution in [0.5, 0.6) is 0 Å². The summed E-state index contributed by atoms with van der Waals surface area (Å²) in [6.07, 6.45) is 30.1. The van der Waals surface area contributed by atoms with Crippen molar-refractivity contribution < 1.29 is 24.5 Å². The van der Waals surface area contributed by atoms with Crippen molar-refractivity contribution in [3.63, 3.8) is 0 Å². The van der Waals surface area contributed by atoms with Crippen LogP contribution in [0.4, 0.5) is 0 Å². The second kappa shape index (κ2) is 31.0. The maximum atomic E-state index is 12.6. The molecule has 0 saturated heterocycles. The number of aliphatic hydroxyl groups is 2. The number of aliphatic hydroxyl groups excluding tert-OH is 2. The molecule has 0 fully saturated rings. The van der Waals surface area contributed by atoms with Crippen molar-refractivity contribution in [2.45, 2.75) is 206 Å².